The van der Waals surface area contributed by atoms with Crippen LogP contribution in [0.4, 0.5) is 0 Å². The number of aliphatic carboxylic acids is 1. The number of nitrogens with zero attached hydrogens (tertiary/aromatic N) is 1. The maximum atomic E-state index is 13.1. The molecule has 130 valence electrons. The first kappa shape index (κ1) is 18.4. The second kappa shape index (κ2) is 6.88. The molecule has 0 spiro atoms. The summed E-state index contributed by atoms with van der Waals surface area (Å²) in [6, 6.07) is 6.09. The van der Waals surface area contributed by atoms with Crippen LogP contribution in [-0.4, -0.2) is 49.5 Å². The molecule has 0 saturated heterocycles. The summed E-state index contributed by atoms with van der Waals surface area (Å²) < 4.78 is 32.3. The summed E-state index contributed by atoms with van der Waals surface area (Å²) in [6.45, 7) is 2.46. The molecular formula is C15H17NO6S2. The number of hydrogen-bond acceptors (Lipinski definition) is 6. The van der Waals surface area contributed by atoms with E-state index in [1.54, 1.807) is 38.1 Å². The monoisotopic (exact) mass is 371 g/mol. The highest BCUT2D eigenvalue weighted by molar-refractivity contribution is 7.89. The van der Waals surface area contributed by atoms with Crippen LogP contribution in [0.2, 0.25) is 0 Å². The average molecular weight is 371 g/mol. The largest absolute Gasteiger partial charge is 0.480 e. The van der Waals surface area contributed by atoms with Crippen molar-refractivity contribution in [2.45, 2.75) is 24.8 Å². The number of carboxylic acid groups (broad SMARTS) is 1. The lowest BCUT2D eigenvalue weighted by Crippen LogP contribution is -2.41. The summed E-state index contributed by atoms with van der Waals surface area (Å²) in [5.74, 6) is -2.04. The molecule has 24 heavy (non-hydrogen) atoms. The summed E-state index contributed by atoms with van der Waals surface area (Å²) in [7, 11) is -3.04. The fraction of sp³-hybridized carbons (Fsp3) is 0.333. The minimum absolute atomic E-state index is 0.0604. The van der Waals surface area contributed by atoms with Crippen LogP contribution >= 0.6 is 11.3 Å². The Kier molecular flexibility index (Phi) is 5.26. The number of thiophene rings is 1. The van der Waals surface area contributed by atoms with Crippen LogP contribution in [0.3, 0.4) is 0 Å². The zero-order valence-corrected chi connectivity index (χ0v) is 15.0. The lowest BCUT2D eigenvalue weighted by atomic mass is 10.2. The molecule has 0 bridgehead atoms. The second-order valence-corrected chi connectivity index (χ2v) is 8.17. The average Bonchev–Trinajstić information content (AvgIpc) is 2.91. The van der Waals surface area contributed by atoms with Crippen molar-refractivity contribution in [2.24, 2.45) is 0 Å². The normalized spacial score (nSPS) is 12.0. The smallest absolute Gasteiger partial charge is 0.349 e. The van der Waals surface area contributed by atoms with Crippen LogP contribution in [0.5, 0.6) is 0 Å². The number of rotatable bonds is 6. The fourth-order valence-electron chi connectivity index (χ4n) is 2.30. The first-order valence-electron chi connectivity index (χ1n) is 7.03. The molecule has 9 heteroatoms. The van der Waals surface area contributed by atoms with E-state index >= 15 is 0 Å². The summed E-state index contributed by atoms with van der Waals surface area (Å²) in [5, 5.41) is 9.41. The van der Waals surface area contributed by atoms with Crippen molar-refractivity contribution in [3.63, 3.8) is 0 Å². The molecule has 0 aliphatic rings. The fourth-order valence-corrected chi connectivity index (χ4v) is 5.67. The van der Waals surface area contributed by atoms with Crippen molar-refractivity contribution in [3.8, 4) is 0 Å². The maximum absolute atomic E-state index is 13.1. The van der Waals surface area contributed by atoms with Gasteiger partial charge < -0.3 is 9.84 Å². The van der Waals surface area contributed by atoms with Crippen LogP contribution in [0.25, 0.3) is 10.1 Å². The van der Waals surface area contributed by atoms with Crippen molar-refractivity contribution >= 4 is 43.4 Å². The van der Waals surface area contributed by atoms with Gasteiger partial charge in [0.1, 0.15) is 16.3 Å². The standard InChI is InChI=1S/C15H17NO6S2/c1-9(2)16(8-12(17)18)24(20,21)14-10-6-4-5-7-11(10)23-13(14)15(19)22-3/h4-7,9H,8H2,1-3H3,(H,17,18). The molecule has 1 N–H and O–H groups in total. The molecule has 0 fully saturated rings. The van der Waals surface area contributed by atoms with Gasteiger partial charge in [0.25, 0.3) is 0 Å². The molecule has 0 amide bonds. The number of methoxy groups -OCH3 is 1. The van der Waals surface area contributed by atoms with Gasteiger partial charge in [0.05, 0.1) is 7.11 Å². The first-order chi connectivity index (χ1) is 11.2. The summed E-state index contributed by atoms with van der Waals surface area (Å²) in [5.41, 5.74) is 0. The van der Waals surface area contributed by atoms with Gasteiger partial charge in [-0.3, -0.25) is 4.79 Å². The van der Waals surface area contributed by atoms with Crippen molar-refractivity contribution in [1.29, 1.82) is 0 Å². The molecule has 0 aliphatic heterocycles. The van der Waals surface area contributed by atoms with E-state index in [-0.39, 0.29) is 9.77 Å². The summed E-state index contributed by atoms with van der Waals surface area (Å²) >= 11 is 1.00. The highest BCUT2D eigenvalue weighted by Crippen LogP contribution is 2.37. The number of carbonyl (C=O) groups is 2. The number of sulfonamides is 1. The number of esters is 1. The number of carbonyl (C=O) groups excluding carboxylic acids is 1. The predicted octanol–water partition coefficient (Wildman–Crippen LogP) is 2.17. The predicted molar refractivity (Wildman–Crippen MR) is 89.8 cm³/mol. The Labute approximate surface area is 143 Å². The summed E-state index contributed by atoms with van der Waals surface area (Å²) in [6.07, 6.45) is 0. The minimum atomic E-state index is -4.20. The van der Waals surface area contributed by atoms with E-state index in [0.29, 0.717) is 10.1 Å². The van der Waals surface area contributed by atoms with Gasteiger partial charge in [-0.05, 0) is 19.9 Å². The van der Waals surface area contributed by atoms with Crippen molar-refractivity contribution in [1.82, 2.24) is 4.31 Å². The summed E-state index contributed by atoms with van der Waals surface area (Å²) in [4.78, 5) is 22.9. The molecular weight excluding hydrogens is 354 g/mol. The van der Waals surface area contributed by atoms with E-state index in [0.717, 1.165) is 15.6 Å². The number of ether oxygens (including phenoxy) is 1. The van der Waals surface area contributed by atoms with Gasteiger partial charge in [0.2, 0.25) is 10.0 Å². The Morgan fingerprint density at radius 2 is 1.92 bits per heavy atom. The molecule has 1 heterocycles. The Balaban J connectivity index is 2.77. The molecule has 0 aliphatic carbocycles. The Morgan fingerprint density at radius 1 is 1.29 bits per heavy atom. The zero-order valence-electron chi connectivity index (χ0n) is 13.3. The zero-order chi connectivity index (χ0) is 18.1. The third-order valence-corrected chi connectivity index (χ3v) is 6.74. The van der Waals surface area contributed by atoms with Crippen LogP contribution in [0.1, 0.15) is 23.5 Å². The first-order valence-corrected chi connectivity index (χ1v) is 9.29. The molecule has 0 saturated carbocycles. The molecule has 0 unspecified atom stereocenters. The van der Waals surface area contributed by atoms with E-state index in [9.17, 15) is 18.0 Å². The molecule has 0 radical (unpaired) electrons. The van der Waals surface area contributed by atoms with E-state index in [1.165, 1.54) is 7.11 Å². The highest BCUT2D eigenvalue weighted by Gasteiger charge is 2.36. The molecule has 2 aromatic rings. The van der Waals surface area contributed by atoms with E-state index in [1.807, 2.05) is 0 Å². The van der Waals surface area contributed by atoms with Gasteiger partial charge >= 0.3 is 11.9 Å². The van der Waals surface area contributed by atoms with Crippen molar-refractivity contribution in [3.05, 3.63) is 29.1 Å². The van der Waals surface area contributed by atoms with Crippen molar-refractivity contribution in [2.75, 3.05) is 13.7 Å². The lowest BCUT2D eigenvalue weighted by molar-refractivity contribution is -0.137. The third kappa shape index (κ3) is 3.28. The number of benzene rings is 1. The third-order valence-electron chi connectivity index (χ3n) is 3.35. The Morgan fingerprint density at radius 3 is 2.46 bits per heavy atom. The van der Waals surface area contributed by atoms with Gasteiger partial charge in [0, 0.05) is 16.1 Å². The number of carboxylic acids is 1. The topological polar surface area (TPSA) is 101 Å². The van der Waals surface area contributed by atoms with Gasteiger partial charge in [-0.25, -0.2) is 13.2 Å². The van der Waals surface area contributed by atoms with Gasteiger partial charge in [-0.1, -0.05) is 18.2 Å². The lowest BCUT2D eigenvalue weighted by Gasteiger charge is -2.24. The van der Waals surface area contributed by atoms with Crippen LogP contribution < -0.4 is 0 Å². The molecule has 2 rings (SSSR count). The van der Waals surface area contributed by atoms with E-state index in [4.69, 9.17) is 9.84 Å². The van der Waals surface area contributed by atoms with Gasteiger partial charge in [-0.2, -0.15) is 4.31 Å². The molecule has 0 atom stereocenters. The number of hydrogen-bond donors (Lipinski definition) is 1. The van der Waals surface area contributed by atoms with Gasteiger partial charge in [-0.15, -0.1) is 11.3 Å². The SMILES string of the molecule is COC(=O)c1sc2ccccc2c1S(=O)(=O)N(CC(=O)O)C(C)C. The molecule has 7 nitrogen and oxygen atoms in total. The van der Waals surface area contributed by atoms with E-state index < -0.39 is 34.5 Å². The van der Waals surface area contributed by atoms with Crippen LogP contribution in [-0.2, 0) is 19.6 Å². The minimum Gasteiger partial charge on any atom is -0.480 e. The van der Waals surface area contributed by atoms with E-state index in [2.05, 4.69) is 0 Å². The Hall–Kier alpha value is -1.97. The second-order valence-electron chi connectivity index (χ2n) is 5.29. The molecule has 1 aromatic heterocycles. The van der Waals surface area contributed by atoms with Crippen LogP contribution in [0.15, 0.2) is 29.2 Å². The quantitative estimate of drug-likeness (QED) is 0.781. The number of fused-ring (bicyclic) bond motifs is 1. The van der Waals surface area contributed by atoms with Gasteiger partial charge in [0.15, 0.2) is 0 Å². The highest BCUT2D eigenvalue weighted by atomic mass is 32.2. The Bertz CT molecular complexity index is 885. The van der Waals surface area contributed by atoms with Crippen molar-refractivity contribution < 1.29 is 27.9 Å². The van der Waals surface area contributed by atoms with Crippen LogP contribution in [0, 0.1) is 0 Å². The maximum Gasteiger partial charge on any atom is 0.349 e. The molecule has 1 aromatic carbocycles.